The van der Waals surface area contributed by atoms with Crippen LogP contribution in [0.3, 0.4) is 0 Å². The van der Waals surface area contributed by atoms with Gasteiger partial charge in [0.2, 0.25) is 0 Å². The molecule has 0 saturated heterocycles. The summed E-state index contributed by atoms with van der Waals surface area (Å²) in [4.78, 5) is 30.7. The summed E-state index contributed by atoms with van der Waals surface area (Å²) in [6, 6.07) is 15.8. The first kappa shape index (κ1) is 29.0. The summed E-state index contributed by atoms with van der Waals surface area (Å²) >= 11 is 7.91. The van der Waals surface area contributed by atoms with Crippen LogP contribution in [0.2, 0.25) is 0 Å². The Bertz CT molecular complexity index is 1320. The van der Waals surface area contributed by atoms with Gasteiger partial charge in [-0.25, -0.2) is 0 Å². The van der Waals surface area contributed by atoms with Crippen molar-refractivity contribution in [2.45, 2.75) is 12.8 Å². The summed E-state index contributed by atoms with van der Waals surface area (Å²) in [5.41, 5.74) is 1.47. The van der Waals surface area contributed by atoms with E-state index in [1.165, 1.54) is 0 Å². The van der Waals surface area contributed by atoms with Crippen molar-refractivity contribution >= 4 is 68.6 Å². The van der Waals surface area contributed by atoms with Crippen LogP contribution < -0.4 is 69.3 Å². The van der Waals surface area contributed by atoms with Crippen molar-refractivity contribution in [3.63, 3.8) is 0 Å². The molecule has 0 radical (unpaired) electrons. The second-order valence-electron chi connectivity index (χ2n) is 7.15. The fourth-order valence-electron chi connectivity index (χ4n) is 3.51. The standard InChI is InChI=1S/C24H16O4S5.2Na/c25-21(26)11-13-9-19(15-3-1-7-29-15)32-23(13)17-5-6-18(31-17)24-14(12-22(27)28)10-20(33-24)16-4-2-8-30-16;;/h1-10H,11-12H2,(H,25,26)(H,27,28);;/q;2*+1/p-2. The van der Waals surface area contributed by atoms with Crippen LogP contribution in [-0.4, -0.2) is 11.9 Å². The van der Waals surface area contributed by atoms with E-state index in [-0.39, 0.29) is 72.0 Å². The molecule has 166 valence electrons. The number of rotatable bonds is 8. The topological polar surface area (TPSA) is 80.3 Å². The van der Waals surface area contributed by atoms with Gasteiger partial charge < -0.3 is 19.8 Å². The molecular formula is C24H14Na2O4S5. The van der Waals surface area contributed by atoms with Crippen molar-refractivity contribution in [3.05, 3.63) is 70.4 Å². The maximum atomic E-state index is 11.4. The van der Waals surface area contributed by atoms with Gasteiger partial charge in [0.25, 0.3) is 0 Å². The number of carbonyl (C=O) groups excluding carboxylic acids is 2. The molecule has 0 aliphatic heterocycles. The Morgan fingerprint density at radius 2 is 1.03 bits per heavy atom. The number of carbonyl (C=O) groups is 2. The molecule has 0 amide bonds. The van der Waals surface area contributed by atoms with Crippen molar-refractivity contribution in [3.8, 4) is 39.0 Å². The predicted molar refractivity (Wildman–Crippen MR) is 135 cm³/mol. The van der Waals surface area contributed by atoms with Gasteiger partial charge in [0, 0.05) is 63.8 Å². The Morgan fingerprint density at radius 1 is 0.600 bits per heavy atom. The van der Waals surface area contributed by atoms with Crippen LogP contribution in [0.5, 0.6) is 0 Å². The summed E-state index contributed by atoms with van der Waals surface area (Å²) in [5.74, 6) is -2.22. The van der Waals surface area contributed by atoms with E-state index in [0.717, 1.165) is 50.1 Å². The Balaban J connectivity index is 0.00000171. The molecule has 0 unspecified atom stereocenters. The number of thiophene rings is 5. The Hall–Kier alpha value is -0.560. The number of carboxylic acids is 2. The van der Waals surface area contributed by atoms with E-state index < -0.39 is 11.9 Å². The van der Waals surface area contributed by atoms with Crippen LogP contribution in [0.25, 0.3) is 39.0 Å². The fraction of sp³-hybridized carbons (Fsp3) is 0.0833. The minimum absolute atomic E-state index is 0. The van der Waals surface area contributed by atoms with Crippen LogP contribution in [0.4, 0.5) is 0 Å². The zero-order chi connectivity index (χ0) is 22.9. The van der Waals surface area contributed by atoms with E-state index in [2.05, 4.69) is 0 Å². The van der Waals surface area contributed by atoms with Crippen molar-refractivity contribution in [2.75, 3.05) is 0 Å². The zero-order valence-electron chi connectivity index (χ0n) is 18.9. The Labute approximate surface area is 266 Å². The van der Waals surface area contributed by atoms with E-state index in [4.69, 9.17) is 0 Å². The first-order valence-corrected chi connectivity index (χ1v) is 14.0. The molecule has 0 N–H and O–H groups in total. The van der Waals surface area contributed by atoms with Gasteiger partial charge in [-0.3, -0.25) is 0 Å². The van der Waals surface area contributed by atoms with Crippen molar-refractivity contribution in [1.82, 2.24) is 0 Å². The molecule has 0 aliphatic rings. The molecule has 0 spiro atoms. The molecule has 0 atom stereocenters. The molecule has 0 fully saturated rings. The predicted octanol–water partition coefficient (Wildman–Crippen LogP) is -0.745. The molecule has 5 rings (SSSR count). The molecule has 0 aromatic carbocycles. The summed E-state index contributed by atoms with van der Waals surface area (Å²) in [6.45, 7) is 0. The molecule has 11 heteroatoms. The summed E-state index contributed by atoms with van der Waals surface area (Å²) < 4.78 is 0. The SMILES string of the molecule is O=C([O-])Cc1cc(-c2cccs2)sc1-c1ccc(-c2sc(-c3cccs3)cc2CC(=O)[O-])s1.[Na+].[Na+]. The molecule has 0 saturated carbocycles. The van der Waals surface area contributed by atoms with Gasteiger partial charge >= 0.3 is 59.1 Å². The second kappa shape index (κ2) is 12.8. The average Bonchev–Trinajstić information content (AvgIpc) is 3.57. The molecule has 35 heavy (non-hydrogen) atoms. The Morgan fingerprint density at radius 3 is 1.37 bits per heavy atom. The molecule has 0 aliphatic carbocycles. The summed E-state index contributed by atoms with van der Waals surface area (Å²) in [7, 11) is 0. The van der Waals surface area contributed by atoms with Crippen molar-refractivity contribution in [2.24, 2.45) is 0 Å². The number of hydrogen-bond acceptors (Lipinski definition) is 9. The molecule has 5 aromatic rings. The van der Waals surface area contributed by atoms with Gasteiger partial charge in [-0.2, -0.15) is 0 Å². The van der Waals surface area contributed by atoms with Gasteiger partial charge in [0.05, 0.1) is 0 Å². The first-order valence-electron chi connectivity index (χ1n) is 9.81. The number of carboxylic acid groups (broad SMARTS) is 2. The van der Waals surface area contributed by atoms with Crippen LogP contribution in [-0.2, 0) is 22.4 Å². The Kier molecular flexibility index (Phi) is 10.6. The second-order valence-corrected chi connectivity index (χ2v) is 12.2. The average molecular weight is 573 g/mol. The van der Waals surface area contributed by atoms with E-state index in [1.54, 1.807) is 56.7 Å². The number of aliphatic carboxylic acids is 2. The molecule has 5 heterocycles. The van der Waals surface area contributed by atoms with E-state index in [1.807, 2.05) is 59.3 Å². The zero-order valence-corrected chi connectivity index (χ0v) is 26.9. The molecular weight excluding hydrogens is 559 g/mol. The molecule has 5 aromatic heterocycles. The van der Waals surface area contributed by atoms with Crippen molar-refractivity contribution in [1.29, 1.82) is 0 Å². The molecule has 0 bridgehead atoms. The quantitative estimate of drug-likeness (QED) is 0.230. The maximum absolute atomic E-state index is 11.4. The smallest absolute Gasteiger partial charge is 0.550 e. The third-order valence-corrected chi connectivity index (χ3v) is 10.8. The normalized spacial score (nSPS) is 10.5. The van der Waals surface area contributed by atoms with Crippen LogP contribution in [0.1, 0.15) is 11.1 Å². The fourth-order valence-corrected chi connectivity index (χ4v) is 8.82. The van der Waals surface area contributed by atoms with Crippen LogP contribution in [0.15, 0.2) is 59.3 Å². The third-order valence-electron chi connectivity index (χ3n) is 4.87. The maximum Gasteiger partial charge on any atom is 1.00 e. The first-order chi connectivity index (χ1) is 16.0. The third kappa shape index (κ3) is 6.66. The van der Waals surface area contributed by atoms with Gasteiger partial charge in [-0.1, -0.05) is 12.1 Å². The van der Waals surface area contributed by atoms with Crippen molar-refractivity contribution < 1.29 is 78.9 Å². The van der Waals surface area contributed by atoms with E-state index in [0.29, 0.717) is 0 Å². The monoisotopic (exact) mass is 572 g/mol. The van der Waals surface area contributed by atoms with Gasteiger partial charge in [-0.05, 0) is 58.3 Å². The van der Waals surface area contributed by atoms with Gasteiger partial charge in [0.15, 0.2) is 0 Å². The van der Waals surface area contributed by atoms with Gasteiger partial charge in [0.1, 0.15) is 0 Å². The van der Waals surface area contributed by atoms with Gasteiger partial charge in [-0.15, -0.1) is 56.7 Å². The number of hydrogen-bond donors (Lipinski definition) is 0. The summed E-state index contributed by atoms with van der Waals surface area (Å²) in [6.07, 6.45) is -0.302. The largest absolute Gasteiger partial charge is 1.00 e. The van der Waals surface area contributed by atoms with Crippen LogP contribution >= 0.6 is 56.7 Å². The van der Waals surface area contributed by atoms with E-state index >= 15 is 0 Å². The molecule has 4 nitrogen and oxygen atoms in total. The minimum atomic E-state index is -1.11. The minimum Gasteiger partial charge on any atom is -0.550 e. The summed E-state index contributed by atoms with van der Waals surface area (Å²) in [5, 5.41) is 26.8. The van der Waals surface area contributed by atoms with E-state index in [9.17, 15) is 19.8 Å². The van der Waals surface area contributed by atoms with Crippen LogP contribution in [0, 0.1) is 0 Å².